The van der Waals surface area contributed by atoms with Gasteiger partial charge in [0, 0.05) is 37.9 Å². The number of likely N-dealkylation sites (N-methyl/N-ethyl adjacent to an activating group) is 2. The van der Waals surface area contributed by atoms with Gasteiger partial charge in [0.2, 0.25) is 0 Å². The largest absolute Gasteiger partial charge is 0.358 e. The maximum atomic E-state index is 4.39. The van der Waals surface area contributed by atoms with Gasteiger partial charge in [-0.1, -0.05) is 26.7 Å². The van der Waals surface area contributed by atoms with Gasteiger partial charge in [-0.2, -0.15) is 0 Å². The summed E-state index contributed by atoms with van der Waals surface area (Å²) in [7, 11) is 4.37. The zero-order chi connectivity index (χ0) is 14.5. The molecule has 4 heteroatoms. The molecule has 0 unspecified atom stereocenters. The second-order valence-corrected chi connectivity index (χ2v) is 6.30. The molecule has 2 rings (SSSR count). The van der Waals surface area contributed by atoms with Gasteiger partial charge in [0.25, 0.3) is 0 Å². The van der Waals surface area contributed by atoms with Crippen LogP contribution in [0, 0.1) is 0 Å². The maximum Gasteiger partial charge on any atom is 0.131 e. The smallest absolute Gasteiger partial charge is 0.131 e. The zero-order valence-corrected chi connectivity index (χ0v) is 13.3. The molecule has 0 radical (unpaired) electrons. The van der Waals surface area contributed by atoms with Gasteiger partial charge >= 0.3 is 0 Å². The van der Waals surface area contributed by atoms with Crippen molar-refractivity contribution in [2.75, 3.05) is 32.1 Å². The second-order valence-electron chi connectivity index (χ2n) is 6.30. The highest BCUT2D eigenvalue weighted by molar-refractivity contribution is 5.38. The Labute approximate surface area is 123 Å². The van der Waals surface area contributed by atoms with Crippen molar-refractivity contribution in [2.24, 2.45) is 0 Å². The quantitative estimate of drug-likeness (QED) is 0.799. The third kappa shape index (κ3) is 3.92. The fourth-order valence-corrected chi connectivity index (χ4v) is 2.84. The number of rotatable bonds is 6. The molecule has 1 aromatic rings. The van der Waals surface area contributed by atoms with Gasteiger partial charge < -0.3 is 9.80 Å². The third-order valence-corrected chi connectivity index (χ3v) is 4.39. The van der Waals surface area contributed by atoms with E-state index in [4.69, 9.17) is 0 Å². The van der Waals surface area contributed by atoms with Crippen LogP contribution in [0.25, 0.3) is 0 Å². The van der Waals surface area contributed by atoms with E-state index in [0.717, 1.165) is 30.6 Å². The first kappa shape index (κ1) is 15.2. The summed E-state index contributed by atoms with van der Waals surface area (Å²) in [6.45, 7) is 6.45. The Morgan fingerprint density at radius 3 is 2.50 bits per heavy atom. The summed E-state index contributed by atoms with van der Waals surface area (Å²) < 4.78 is 0. The lowest BCUT2D eigenvalue weighted by atomic mass is 10.1. The van der Waals surface area contributed by atoms with Gasteiger partial charge in [0.15, 0.2) is 0 Å². The summed E-state index contributed by atoms with van der Waals surface area (Å²) in [5.41, 5.74) is 1.12. The summed E-state index contributed by atoms with van der Waals surface area (Å²) >= 11 is 0. The van der Waals surface area contributed by atoms with Crippen LogP contribution in [-0.4, -0.2) is 48.1 Å². The first-order chi connectivity index (χ1) is 9.58. The lowest BCUT2D eigenvalue weighted by Crippen LogP contribution is -2.36. The van der Waals surface area contributed by atoms with Gasteiger partial charge in [-0.3, -0.25) is 0 Å². The fraction of sp³-hybridized carbons (Fsp3) is 0.750. The highest BCUT2D eigenvalue weighted by Crippen LogP contribution is 2.22. The predicted octanol–water partition coefficient (Wildman–Crippen LogP) is 2.91. The van der Waals surface area contributed by atoms with E-state index in [1.54, 1.807) is 6.33 Å². The van der Waals surface area contributed by atoms with Gasteiger partial charge in [-0.25, -0.2) is 9.97 Å². The summed E-state index contributed by atoms with van der Waals surface area (Å²) in [4.78, 5) is 13.5. The molecular formula is C16H28N4. The maximum absolute atomic E-state index is 4.39. The van der Waals surface area contributed by atoms with E-state index in [1.165, 1.54) is 25.7 Å². The van der Waals surface area contributed by atoms with Crippen molar-refractivity contribution in [3.8, 4) is 0 Å². The van der Waals surface area contributed by atoms with Crippen LogP contribution < -0.4 is 4.90 Å². The molecule has 0 saturated heterocycles. The fourth-order valence-electron chi connectivity index (χ4n) is 2.84. The van der Waals surface area contributed by atoms with Crippen LogP contribution in [0.2, 0.25) is 0 Å². The van der Waals surface area contributed by atoms with Crippen LogP contribution in [0.3, 0.4) is 0 Å². The normalized spacial score (nSPS) is 16.3. The Bertz CT molecular complexity index is 413. The van der Waals surface area contributed by atoms with Crippen molar-refractivity contribution in [3.63, 3.8) is 0 Å². The average molecular weight is 276 g/mol. The molecule has 0 N–H and O–H groups in total. The average Bonchev–Trinajstić information content (AvgIpc) is 2.98. The highest BCUT2D eigenvalue weighted by Gasteiger charge is 2.19. The van der Waals surface area contributed by atoms with Crippen molar-refractivity contribution >= 4 is 5.82 Å². The van der Waals surface area contributed by atoms with Crippen LogP contribution in [0.5, 0.6) is 0 Å². The molecule has 0 amide bonds. The summed E-state index contributed by atoms with van der Waals surface area (Å²) in [6.07, 6.45) is 7.21. The minimum atomic E-state index is 0.450. The van der Waals surface area contributed by atoms with E-state index >= 15 is 0 Å². The predicted molar refractivity (Wildman–Crippen MR) is 84.3 cm³/mol. The van der Waals surface area contributed by atoms with Crippen molar-refractivity contribution in [3.05, 3.63) is 18.1 Å². The number of nitrogens with zero attached hydrogens (tertiary/aromatic N) is 4. The zero-order valence-electron chi connectivity index (χ0n) is 13.3. The van der Waals surface area contributed by atoms with Crippen molar-refractivity contribution in [1.82, 2.24) is 14.9 Å². The molecule has 0 aliphatic heterocycles. The van der Waals surface area contributed by atoms with Gasteiger partial charge in [-0.05, 0) is 25.8 Å². The molecule has 0 spiro atoms. The first-order valence-electron chi connectivity index (χ1n) is 7.81. The number of aromatic nitrogens is 2. The van der Waals surface area contributed by atoms with Crippen LogP contribution >= 0.6 is 0 Å². The SMILES string of the molecule is CC(C)c1cc(N(C)CCN(C)C2CCCC2)ncn1. The molecule has 112 valence electrons. The standard InChI is InChI=1S/C16H28N4/c1-13(2)15-11-16(18-12-17-15)20(4)10-9-19(3)14-7-5-6-8-14/h11-14H,5-10H2,1-4H3. The van der Waals surface area contributed by atoms with Crippen molar-refractivity contribution in [2.45, 2.75) is 51.5 Å². The van der Waals surface area contributed by atoms with Crippen LogP contribution in [-0.2, 0) is 0 Å². The molecule has 1 saturated carbocycles. The molecule has 0 bridgehead atoms. The Morgan fingerprint density at radius 2 is 1.85 bits per heavy atom. The molecule has 0 atom stereocenters. The first-order valence-corrected chi connectivity index (χ1v) is 7.81. The van der Waals surface area contributed by atoms with E-state index < -0.39 is 0 Å². The van der Waals surface area contributed by atoms with Crippen LogP contribution in [0.1, 0.15) is 51.1 Å². The summed E-state index contributed by atoms with van der Waals surface area (Å²) in [6, 6.07) is 2.90. The van der Waals surface area contributed by atoms with E-state index in [9.17, 15) is 0 Å². The Hall–Kier alpha value is -1.16. The Balaban J connectivity index is 1.87. The topological polar surface area (TPSA) is 32.3 Å². The Morgan fingerprint density at radius 1 is 1.15 bits per heavy atom. The minimum absolute atomic E-state index is 0.450. The molecule has 0 aromatic carbocycles. The monoisotopic (exact) mass is 276 g/mol. The lowest BCUT2D eigenvalue weighted by Gasteiger charge is -2.27. The lowest BCUT2D eigenvalue weighted by molar-refractivity contribution is 0.251. The molecule has 1 aliphatic rings. The molecule has 4 nitrogen and oxygen atoms in total. The van der Waals surface area contributed by atoms with Gasteiger partial charge in [0.05, 0.1) is 0 Å². The van der Waals surface area contributed by atoms with Gasteiger partial charge in [-0.15, -0.1) is 0 Å². The molecule has 20 heavy (non-hydrogen) atoms. The van der Waals surface area contributed by atoms with E-state index in [2.05, 4.69) is 53.8 Å². The molecule has 1 fully saturated rings. The Kier molecular flexibility index (Phi) is 5.35. The molecule has 1 aromatic heterocycles. The summed E-state index contributed by atoms with van der Waals surface area (Å²) in [5.74, 6) is 1.48. The number of hydrogen-bond donors (Lipinski definition) is 0. The van der Waals surface area contributed by atoms with Crippen LogP contribution in [0.4, 0.5) is 5.82 Å². The van der Waals surface area contributed by atoms with Crippen molar-refractivity contribution < 1.29 is 0 Å². The molecule has 1 aliphatic carbocycles. The van der Waals surface area contributed by atoms with E-state index in [1.807, 2.05) is 0 Å². The van der Waals surface area contributed by atoms with E-state index in [0.29, 0.717) is 5.92 Å². The van der Waals surface area contributed by atoms with E-state index in [-0.39, 0.29) is 0 Å². The summed E-state index contributed by atoms with van der Waals surface area (Å²) in [5, 5.41) is 0. The van der Waals surface area contributed by atoms with Crippen LogP contribution in [0.15, 0.2) is 12.4 Å². The molecule has 1 heterocycles. The minimum Gasteiger partial charge on any atom is -0.358 e. The highest BCUT2D eigenvalue weighted by atomic mass is 15.2. The molecular weight excluding hydrogens is 248 g/mol. The number of anilines is 1. The second kappa shape index (κ2) is 7.02. The third-order valence-electron chi connectivity index (χ3n) is 4.39. The van der Waals surface area contributed by atoms with Gasteiger partial charge in [0.1, 0.15) is 12.1 Å². The van der Waals surface area contributed by atoms with Crippen molar-refractivity contribution in [1.29, 1.82) is 0 Å². The number of hydrogen-bond acceptors (Lipinski definition) is 4.